The van der Waals surface area contributed by atoms with Gasteiger partial charge in [0.2, 0.25) is 5.91 Å². The molecule has 6 heteroatoms. The van der Waals surface area contributed by atoms with Crippen LogP contribution in [0.2, 0.25) is 0 Å². The van der Waals surface area contributed by atoms with Gasteiger partial charge in [-0.05, 0) is 55.4 Å². The summed E-state index contributed by atoms with van der Waals surface area (Å²) in [6.45, 7) is 6.12. The fraction of sp³-hybridized carbons (Fsp3) is 0.286. The summed E-state index contributed by atoms with van der Waals surface area (Å²) < 4.78 is 0. The minimum atomic E-state index is -0.432. The van der Waals surface area contributed by atoms with Gasteiger partial charge in [-0.15, -0.1) is 0 Å². The molecule has 6 nitrogen and oxygen atoms in total. The molecule has 0 bridgehead atoms. The van der Waals surface area contributed by atoms with Crippen LogP contribution in [0, 0.1) is 6.92 Å². The second-order valence-corrected chi connectivity index (χ2v) is 8.84. The van der Waals surface area contributed by atoms with Crippen LogP contribution in [-0.2, 0) is 4.79 Å². The van der Waals surface area contributed by atoms with Crippen molar-refractivity contribution in [1.29, 1.82) is 0 Å². The number of carbonyl (C=O) groups excluding carboxylic acids is 2. The number of rotatable bonds is 7. The zero-order chi connectivity index (χ0) is 23.9. The third-order valence-corrected chi connectivity index (χ3v) is 6.29. The highest BCUT2D eigenvalue weighted by molar-refractivity contribution is 5.96. The molecule has 2 amide bonds. The molecular weight excluding hydrogens is 424 g/mol. The minimum Gasteiger partial charge on any atom is -0.369 e. The van der Waals surface area contributed by atoms with Crippen LogP contribution in [0.5, 0.6) is 0 Å². The first-order chi connectivity index (χ1) is 16.5. The van der Waals surface area contributed by atoms with Crippen molar-refractivity contribution < 1.29 is 9.59 Å². The number of nitrogens with zero attached hydrogens (tertiary/aromatic N) is 2. The van der Waals surface area contributed by atoms with Crippen LogP contribution in [0.25, 0.3) is 0 Å². The normalized spacial score (nSPS) is 14.9. The molecule has 1 aliphatic rings. The largest absolute Gasteiger partial charge is 0.369 e. The molecule has 1 heterocycles. The molecule has 3 aromatic rings. The highest BCUT2D eigenvalue weighted by atomic mass is 16.2. The monoisotopic (exact) mass is 456 g/mol. The van der Waals surface area contributed by atoms with Gasteiger partial charge in [-0.2, -0.15) is 0 Å². The lowest BCUT2D eigenvalue weighted by Crippen LogP contribution is -2.44. The van der Waals surface area contributed by atoms with Gasteiger partial charge in [0, 0.05) is 43.1 Å². The van der Waals surface area contributed by atoms with E-state index in [1.807, 2.05) is 61.5 Å². The lowest BCUT2D eigenvalue weighted by Gasteiger charge is -2.34. The minimum absolute atomic E-state index is 0.141. The average Bonchev–Trinajstić information content (AvgIpc) is 2.86. The summed E-state index contributed by atoms with van der Waals surface area (Å²) in [7, 11) is 2.15. The Balaban J connectivity index is 1.44. The summed E-state index contributed by atoms with van der Waals surface area (Å²) in [6, 6.07) is 24.4. The topological polar surface area (TPSA) is 64.7 Å². The molecule has 1 atom stereocenters. The number of aryl methyl sites for hydroxylation is 1. The second-order valence-electron chi connectivity index (χ2n) is 8.84. The number of benzene rings is 3. The molecular formula is C28H32N4O2. The molecule has 3 aromatic carbocycles. The Kier molecular flexibility index (Phi) is 7.60. The average molecular weight is 457 g/mol. The van der Waals surface area contributed by atoms with Gasteiger partial charge in [0.1, 0.15) is 0 Å². The Morgan fingerprint density at radius 2 is 1.53 bits per heavy atom. The van der Waals surface area contributed by atoms with Crippen molar-refractivity contribution in [1.82, 2.24) is 10.2 Å². The quantitative estimate of drug-likeness (QED) is 0.558. The van der Waals surface area contributed by atoms with E-state index in [0.29, 0.717) is 5.56 Å². The zero-order valence-corrected chi connectivity index (χ0v) is 19.8. The van der Waals surface area contributed by atoms with Crippen LogP contribution >= 0.6 is 0 Å². The molecule has 0 aromatic heterocycles. The van der Waals surface area contributed by atoms with Gasteiger partial charge in [0.15, 0.2) is 0 Å². The van der Waals surface area contributed by atoms with E-state index in [1.54, 1.807) is 12.1 Å². The predicted molar refractivity (Wildman–Crippen MR) is 137 cm³/mol. The lowest BCUT2D eigenvalue weighted by atomic mass is 10.0. The number of piperazine rings is 1. The van der Waals surface area contributed by atoms with Crippen LogP contribution in [-0.4, -0.2) is 49.9 Å². The van der Waals surface area contributed by atoms with E-state index in [-0.39, 0.29) is 18.2 Å². The molecule has 1 aliphatic heterocycles. The summed E-state index contributed by atoms with van der Waals surface area (Å²) in [4.78, 5) is 30.5. The molecule has 1 unspecified atom stereocenters. The van der Waals surface area contributed by atoms with E-state index < -0.39 is 6.04 Å². The summed E-state index contributed by atoms with van der Waals surface area (Å²) in [5.74, 6) is -0.340. The van der Waals surface area contributed by atoms with Gasteiger partial charge in [-0.3, -0.25) is 9.59 Å². The number of hydrogen-bond donors (Lipinski definition) is 2. The molecule has 0 radical (unpaired) electrons. The van der Waals surface area contributed by atoms with Gasteiger partial charge < -0.3 is 20.4 Å². The van der Waals surface area contributed by atoms with E-state index in [1.165, 1.54) is 5.69 Å². The Bertz CT molecular complexity index is 1110. The first-order valence-electron chi connectivity index (χ1n) is 11.7. The summed E-state index contributed by atoms with van der Waals surface area (Å²) in [5, 5.41) is 6.07. The maximum absolute atomic E-state index is 13.0. The van der Waals surface area contributed by atoms with Gasteiger partial charge in [-0.1, -0.05) is 48.5 Å². The third-order valence-electron chi connectivity index (χ3n) is 6.29. The van der Waals surface area contributed by atoms with Crippen LogP contribution in [0.1, 0.15) is 33.9 Å². The molecule has 2 N–H and O–H groups in total. The van der Waals surface area contributed by atoms with Gasteiger partial charge in [0.25, 0.3) is 5.91 Å². The van der Waals surface area contributed by atoms with Crippen molar-refractivity contribution in [3.05, 3.63) is 95.6 Å². The molecule has 1 saturated heterocycles. The number of nitrogens with one attached hydrogen (secondary N) is 2. The van der Waals surface area contributed by atoms with Crippen LogP contribution < -0.4 is 15.5 Å². The smallest absolute Gasteiger partial charge is 0.251 e. The highest BCUT2D eigenvalue weighted by Crippen LogP contribution is 2.25. The SMILES string of the molecule is Cc1cc(N2CCN(C)CC2)ccc1NC(=O)CC(NC(=O)c1ccccc1)c1ccccc1. The van der Waals surface area contributed by atoms with Crippen molar-refractivity contribution in [3.8, 4) is 0 Å². The molecule has 0 aliphatic carbocycles. The first-order valence-corrected chi connectivity index (χ1v) is 11.7. The summed E-state index contributed by atoms with van der Waals surface area (Å²) >= 11 is 0. The van der Waals surface area contributed by atoms with Crippen molar-refractivity contribution in [2.24, 2.45) is 0 Å². The molecule has 34 heavy (non-hydrogen) atoms. The van der Waals surface area contributed by atoms with Gasteiger partial charge in [0.05, 0.1) is 12.5 Å². The number of anilines is 2. The maximum Gasteiger partial charge on any atom is 0.251 e. The third kappa shape index (κ3) is 6.02. The van der Waals surface area contributed by atoms with Crippen LogP contribution in [0.4, 0.5) is 11.4 Å². The Labute approximate surface area is 201 Å². The predicted octanol–water partition coefficient (Wildman–Crippen LogP) is 4.25. The van der Waals surface area contributed by atoms with Crippen LogP contribution in [0.15, 0.2) is 78.9 Å². The molecule has 176 valence electrons. The standard InChI is InChI=1S/C28H32N4O2/c1-21-19-24(32-17-15-31(2)16-18-32)13-14-25(21)29-27(33)20-26(22-9-5-3-6-10-22)30-28(34)23-11-7-4-8-12-23/h3-14,19,26H,15-18,20H2,1-2H3,(H,29,33)(H,30,34). The van der Waals surface area contributed by atoms with E-state index in [9.17, 15) is 9.59 Å². The Morgan fingerprint density at radius 1 is 0.882 bits per heavy atom. The lowest BCUT2D eigenvalue weighted by molar-refractivity contribution is -0.116. The van der Waals surface area contributed by atoms with Crippen molar-refractivity contribution in [2.45, 2.75) is 19.4 Å². The van der Waals surface area contributed by atoms with Crippen molar-refractivity contribution in [3.63, 3.8) is 0 Å². The van der Waals surface area contributed by atoms with E-state index in [2.05, 4.69) is 39.6 Å². The number of likely N-dealkylation sites (N-methyl/N-ethyl adjacent to an activating group) is 1. The van der Waals surface area contributed by atoms with E-state index in [4.69, 9.17) is 0 Å². The molecule has 0 spiro atoms. The number of carbonyl (C=O) groups is 2. The number of amides is 2. The Morgan fingerprint density at radius 3 is 2.18 bits per heavy atom. The molecule has 1 fully saturated rings. The van der Waals surface area contributed by atoms with Crippen LogP contribution in [0.3, 0.4) is 0 Å². The Hall–Kier alpha value is -3.64. The highest BCUT2D eigenvalue weighted by Gasteiger charge is 2.20. The van der Waals surface area contributed by atoms with Crippen molar-refractivity contribution in [2.75, 3.05) is 43.4 Å². The van der Waals surface area contributed by atoms with Gasteiger partial charge in [-0.25, -0.2) is 0 Å². The van der Waals surface area contributed by atoms with E-state index in [0.717, 1.165) is 43.0 Å². The summed E-state index contributed by atoms with van der Waals surface area (Å²) in [6.07, 6.45) is 0.141. The van der Waals surface area contributed by atoms with E-state index >= 15 is 0 Å². The molecule has 0 saturated carbocycles. The van der Waals surface area contributed by atoms with Gasteiger partial charge >= 0.3 is 0 Å². The second kappa shape index (κ2) is 11.0. The van der Waals surface area contributed by atoms with Crippen molar-refractivity contribution >= 4 is 23.2 Å². The maximum atomic E-state index is 13.0. The fourth-order valence-corrected chi connectivity index (χ4v) is 4.20. The molecule has 4 rings (SSSR count). The summed E-state index contributed by atoms with van der Waals surface area (Å²) in [5.41, 5.74) is 4.46. The first kappa shape index (κ1) is 23.5. The fourth-order valence-electron chi connectivity index (χ4n) is 4.20. The zero-order valence-electron chi connectivity index (χ0n) is 19.8. The number of hydrogen-bond acceptors (Lipinski definition) is 4.